The van der Waals surface area contributed by atoms with Gasteiger partial charge in [0.05, 0.1) is 23.8 Å². The summed E-state index contributed by atoms with van der Waals surface area (Å²) in [6.07, 6.45) is 9.26. The summed E-state index contributed by atoms with van der Waals surface area (Å²) < 4.78 is 5.08. The van der Waals surface area contributed by atoms with Crippen LogP contribution in [0.2, 0.25) is 0 Å². The molecule has 0 bridgehead atoms. The van der Waals surface area contributed by atoms with E-state index in [1.165, 1.54) is 19.3 Å². The quantitative estimate of drug-likeness (QED) is 0.884. The minimum atomic E-state index is -0.190. The average molecular weight is 248 g/mol. The molecule has 0 aromatic carbocycles. The van der Waals surface area contributed by atoms with Gasteiger partial charge in [-0.25, -0.2) is 4.98 Å². The third kappa shape index (κ3) is 2.03. The van der Waals surface area contributed by atoms with Gasteiger partial charge in [0.25, 0.3) is 0 Å². The van der Waals surface area contributed by atoms with E-state index >= 15 is 0 Å². The predicted octanol–water partition coefficient (Wildman–Crippen LogP) is 3.52. The topological polar surface area (TPSA) is 52.0 Å². The van der Waals surface area contributed by atoms with Crippen LogP contribution in [-0.2, 0) is 5.54 Å². The van der Waals surface area contributed by atoms with Gasteiger partial charge < -0.3 is 10.2 Å². The second kappa shape index (κ2) is 4.27. The molecule has 2 aromatic rings. The maximum atomic E-state index is 6.47. The number of furan rings is 1. The minimum Gasteiger partial charge on any atom is -0.472 e. The first kappa shape index (κ1) is 11.0. The van der Waals surface area contributed by atoms with Gasteiger partial charge in [0.1, 0.15) is 5.01 Å². The van der Waals surface area contributed by atoms with Gasteiger partial charge in [0, 0.05) is 10.9 Å². The highest BCUT2D eigenvalue weighted by Gasteiger charge is 2.32. The highest BCUT2D eigenvalue weighted by atomic mass is 32.1. The van der Waals surface area contributed by atoms with Crippen LogP contribution >= 0.6 is 11.3 Å². The molecule has 0 aliphatic heterocycles. The Labute approximate surface area is 105 Å². The summed E-state index contributed by atoms with van der Waals surface area (Å²) in [6.45, 7) is 0. The highest BCUT2D eigenvalue weighted by Crippen LogP contribution is 2.37. The van der Waals surface area contributed by atoms with Gasteiger partial charge in [0.15, 0.2) is 0 Å². The zero-order valence-corrected chi connectivity index (χ0v) is 10.5. The van der Waals surface area contributed by atoms with Crippen LogP contribution < -0.4 is 5.73 Å². The first-order valence-electron chi connectivity index (χ1n) is 6.05. The van der Waals surface area contributed by atoms with Crippen molar-refractivity contribution in [3.63, 3.8) is 0 Å². The Morgan fingerprint density at radius 1 is 1.29 bits per heavy atom. The molecule has 0 radical (unpaired) electrons. The largest absolute Gasteiger partial charge is 0.472 e. The van der Waals surface area contributed by atoms with Crippen LogP contribution in [0, 0.1) is 0 Å². The molecule has 0 spiro atoms. The Morgan fingerprint density at radius 2 is 2.12 bits per heavy atom. The molecule has 90 valence electrons. The lowest BCUT2D eigenvalue weighted by atomic mass is 9.83. The number of nitrogens with zero attached hydrogens (tertiary/aromatic N) is 1. The maximum Gasteiger partial charge on any atom is 0.113 e. The molecule has 3 rings (SSSR count). The van der Waals surface area contributed by atoms with Gasteiger partial charge in [-0.05, 0) is 18.9 Å². The van der Waals surface area contributed by atoms with Crippen LogP contribution in [0.15, 0.2) is 28.4 Å². The molecule has 4 heteroatoms. The fourth-order valence-electron chi connectivity index (χ4n) is 2.44. The van der Waals surface area contributed by atoms with Crippen molar-refractivity contribution in [2.24, 2.45) is 5.73 Å². The highest BCUT2D eigenvalue weighted by molar-refractivity contribution is 7.10. The Hall–Kier alpha value is -1.13. The first-order valence-corrected chi connectivity index (χ1v) is 6.93. The number of nitrogens with two attached hydrogens (primary N) is 1. The molecule has 1 saturated carbocycles. The van der Waals surface area contributed by atoms with E-state index < -0.39 is 0 Å². The summed E-state index contributed by atoms with van der Waals surface area (Å²) >= 11 is 1.68. The third-order valence-corrected chi connectivity index (χ3v) is 4.56. The fourth-order valence-corrected chi connectivity index (χ4v) is 3.44. The molecule has 0 atom stereocenters. The third-order valence-electron chi connectivity index (χ3n) is 3.49. The molecule has 0 saturated heterocycles. The van der Waals surface area contributed by atoms with Crippen LogP contribution in [0.1, 0.15) is 37.1 Å². The van der Waals surface area contributed by atoms with Gasteiger partial charge in [-0.3, -0.25) is 0 Å². The summed E-state index contributed by atoms with van der Waals surface area (Å²) in [7, 11) is 0. The number of hydrogen-bond acceptors (Lipinski definition) is 4. The monoisotopic (exact) mass is 248 g/mol. The Morgan fingerprint density at radius 3 is 2.82 bits per heavy atom. The molecule has 2 heterocycles. The van der Waals surface area contributed by atoms with E-state index in [0.29, 0.717) is 0 Å². The molecule has 17 heavy (non-hydrogen) atoms. The van der Waals surface area contributed by atoms with E-state index in [1.807, 2.05) is 6.07 Å². The molecule has 2 N–H and O–H groups in total. The lowest BCUT2D eigenvalue weighted by Gasteiger charge is -2.31. The van der Waals surface area contributed by atoms with Crippen LogP contribution in [0.25, 0.3) is 11.3 Å². The van der Waals surface area contributed by atoms with Crippen molar-refractivity contribution in [1.82, 2.24) is 4.98 Å². The lowest BCUT2D eigenvalue weighted by Crippen LogP contribution is -2.38. The van der Waals surface area contributed by atoms with Gasteiger partial charge in [0.2, 0.25) is 0 Å². The van der Waals surface area contributed by atoms with E-state index in [4.69, 9.17) is 10.2 Å². The van der Waals surface area contributed by atoms with Crippen molar-refractivity contribution in [3.05, 3.63) is 29.0 Å². The van der Waals surface area contributed by atoms with E-state index in [-0.39, 0.29) is 5.54 Å². The normalized spacial score (nSPS) is 19.4. The van der Waals surface area contributed by atoms with Crippen LogP contribution in [0.3, 0.4) is 0 Å². The SMILES string of the molecule is NC1(c2nc(-c3ccoc3)cs2)CCCCC1. The van der Waals surface area contributed by atoms with Crippen LogP contribution in [0.4, 0.5) is 0 Å². The molecule has 2 aromatic heterocycles. The van der Waals surface area contributed by atoms with Crippen molar-refractivity contribution in [1.29, 1.82) is 0 Å². The van der Waals surface area contributed by atoms with Gasteiger partial charge in [-0.2, -0.15) is 0 Å². The van der Waals surface area contributed by atoms with Crippen molar-refractivity contribution >= 4 is 11.3 Å². The number of rotatable bonds is 2. The zero-order valence-electron chi connectivity index (χ0n) is 9.69. The van der Waals surface area contributed by atoms with Gasteiger partial charge >= 0.3 is 0 Å². The van der Waals surface area contributed by atoms with Crippen molar-refractivity contribution in [2.75, 3.05) is 0 Å². The van der Waals surface area contributed by atoms with Crippen molar-refractivity contribution in [2.45, 2.75) is 37.6 Å². The van der Waals surface area contributed by atoms with Crippen molar-refractivity contribution in [3.8, 4) is 11.3 Å². The van der Waals surface area contributed by atoms with Gasteiger partial charge in [-0.15, -0.1) is 11.3 Å². The van der Waals surface area contributed by atoms with E-state index in [0.717, 1.165) is 29.1 Å². The number of thiazole rings is 1. The van der Waals surface area contributed by atoms with E-state index in [2.05, 4.69) is 10.4 Å². The molecule has 1 aliphatic rings. The average Bonchev–Trinajstić information content (AvgIpc) is 3.01. The summed E-state index contributed by atoms with van der Waals surface area (Å²) in [6, 6.07) is 1.93. The maximum absolute atomic E-state index is 6.47. The smallest absolute Gasteiger partial charge is 0.113 e. The first-order chi connectivity index (χ1) is 8.28. The van der Waals surface area contributed by atoms with Crippen molar-refractivity contribution < 1.29 is 4.42 Å². The van der Waals surface area contributed by atoms with Crippen LogP contribution in [-0.4, -0.2) is 4.98 Å². The van der Waals surface area contributed by atoms with E-state index in [1.54, 1.807) is 23.9 Å². The second-order valence-corrected chi connectivity index (χ2v) is 5.62. The summed E-state index contributed by atoms with van der Waals surface area (Å²) in [5, 5.41) is 3.15. The molecule has 1 aliphatic carbocycles. The standard InChI is InChI=1S/C13H16N2OS/c14-13(5-2-1-3-6-13)12-15-11(9-17-12)10-4-7-16-8-10/h4,7-9H,1-3,5-6,14H2. The van der Waals surface area contributed by atoms with Gasteiger partial charge in [-0.1, -0.05) is 19.3 Å². The fraction of sp³-hybridized carbons (Fsp3) is 0.462. The molecule has 1 fully saturated rings. The molecular weight excluding hydrogens is 232 g/mol. The number of aromatic nitrogens is 1. The molecule has 0 amide bonds. The Balaban J connectivity index is 1.89. The predicted molar refractivity (Wildman–Crippen MR) is 68.8 cm³/mol. The Bertz CT molecular complexity index is 483. The second-order valence-electron chi connectivity index (χ2n) is 4.77. The summed E-state index contributed by atoms with van der Waals surface area (Å²) in [5.74, 6) is 0. The minimum absolute atomic E-state index is 0.190. The molecule has 0 unspecified atom stereocenters. The molecule has 3 nitrogen and oxygen atoms in total. The molecular formula is C13H16N2OS. The number of hydrogen-bond donors (Lipinski definition) is 1. The zero-order chi connectivity index (χ0) is 11.7. The van der Waals surface area contributed by atoms with Crippen LogP contribution in [0.5, 0.6) is 0 Å². The van der Waals surface area contributed by atoms with E-state index in [9.17, 15) is 0 Å². The summed E-state index contributed by atoms with van der Waals surface area (Å²) in [4.78, 5) is 4.68. The lowest BCUT2D eigenvalue weighted by molar-refractivity contribution is 0.301. The Kier molecular flexibility index (Phi) is 2.76. The summed E-state index contributed by atoms with van der Waals surface area (Å²) in [5.41, 5.74) is 8.30.